The summed E-state index contributed by atoms with van der Waals surface area (Å²) in [6.07, 6.45) is 1.76. The summed E-state index contributed by atoms with van der Waals surface area (Å²) in [4.78, 5) is 16.0. The molecule has 0 fully saturated rings. The second-order valence-corrected chi connectivity index (χ2v) is 4.66. The molecule has 0 radical (unpaired) electrons. The average Bonchev–Trinajstić information content (AvgIpc) is 2.84. The van der Waals surface area contributed by atoms with Crippen LogP contribution in [0.25, 0.3) is 5.82 Å². The van der Waals surface area contributed by atoms with Crippen LogP contribution in [0.3, 0.4) is 0 Å². The summed E-state index contributed by atoms with van der Waals surface area (Å²) in [6.45, 7) is 5.63. The second-order valence-electron chi connectivity index (χ2n) is 3.94. The normalized spacial score (nSPS) is 11.0. The zero-order valence-electron chi connectivity index (χ0n) is 9.47. The predicted octanol–water partition coefficient (Wildman–Crippen LogP) is 2.48. The van der Waals surface area contributed by atoms with Gasteiger partial charge in [0.05, 0.1) is 16.8 Å². The fraction of sp³-hybridized carbons (Fsp3) is 0.364. The standard InChI is InChI=1S/C11H13N3OS/c1-7(2)11(15)9-4-14(13-8(9)3)10-5-16-6-12-10/h4-7H,1-3H3. The summed E-state index contributed by atoms with van der Waals surface area (Å²) in [6, 6.07) is 0. The van der Waals surface area contributed by atoms with Crippen LogP contribution < -0.4 is 0 Å². The van der Waals surface area contributed by atoms with Crippen molar-refractivity contribution in [3.05, 3.63) is 28.3 Å². The zero-order chi connectivity index (χ0) is 11.7. The summed E-state index contributed by atoms with van der Waals surface area (Å²) >= 11 is 1.51. The summed E-state index contributed by atoms with van der Waals surface area (Å²) < 4.78 is 1.65. The van der Waals surface area contributed by atoms with Crippen molar-refractivity contribution in [3.63, 3.8) is 0 Å². The van der Waals surface area contributed by atoms with Crippen LogP contribution in [-0.2, 0) is 0 Å². The maximum atomic E-state index is 11.9. The third kappa shape index (κ3) is 1.90. The zero-order valence-corrected chi connectivity index (χ0v) is 10.3. The van der Waals surface area contributed by atoms with E-state index in [1.807, 2.05) is 26.2 Å². The van der Waals surface area contributed by atoms with Gasteiger partial charge in [0.25, 0.3) is 0 Å². The van der Waals surface area contributed by atoms with Gasteiger partial charge < -0.3 is 0 Å². The molecule has 0 atom stereocenters. The van der Waals surface area contributed by atoms with E-state index in [4.69, 9.17) is 0 Å². The third-order valence-corrected chi connectivity index (χ3v) is 2.92. The van der Waals surface area contributed by atoms with Crippen LogP contribution in [0.5, 0.6) is 0 Å². The van der Waals surface area contributed by atoms with Gasteiger partial charge in [-0.2, -0.15) is 5.10 Å². The van der Waals surface area contributed by atoms with Gasteiger partial charge in [0.2, 0.25) is 0 Å². The van der Waals surface area contributed by atoms with Crippen LogP contribution in [0.15, 0.2) is 17.1 Å². The molecular weight excluding hydrogens is 222 g/mol. The van der Waals surface area contributed by atoms with Crippen LogP contribution in [-0.4, -0.2) is 20.5 Å². The molecule has 2 aromatic heterocycles. The Bertz CT molecular complexity index is 499. The van der Waals surface area contributed by atoms with Crippen molar-refractivity contribution in [3.8, 4) is 5.82 Å². The molecule has 16 heavy (non-hydrogen) atoms. The lowest BCUT2D eigenvalue weighted by atomic mass is 10.0. The third-order valence-electron chi connectivity index (χ3n) is 2.34. The van der Waals surface area contributed by atoms with Gasteiger partial charge >= 0.3 is 0 Å². The van der Waals surface area contributed by atoms with Gasteiger partial charge in [0.1, 0.15) is 0 Å². The first-order valence-electron chi connectivity index (χ1n) is 5.08. The predicted molar refractivity (Wildman–Crippen MR) is 63.1 cm³/mol. The fourth-order valence-corrected chi connectivity index (χ4v) is 1.97. The molecule has 0 saturated carbocycles. The molecule has 84 valence electrons. The van der Waals surface area contributed by atoms with Crippen LogP contribution in [0.1, 0.15) is 29.9 Å². The lowest BCUT2D eigenvalue weighted by molar-refractivity contribution is 0.0939. The van der Waals surface area contributed by atoms with Gasteiger partial charge in [-0.25, -0.2) is 9.67 Å². The molecule has 4 nitrogen and oxygen atoms in total. The summed E-state index contributed by atoms with van der Waals surface area (Å²) in [5.74, 6) is 0.877. The lowest BCUT2D eigenvalue weighted by Gasteiger charge is -2.00. The molecule has 0 aliphatic rings. The minimum Gasteiger partial charge on any atom is -0.294 e. The molecular formula is C11H13N3OS. The van der Waals surface area contributed by atoms with E-state index in [1.165, 1.54) is 11.3 Å². The number of carbonyl (C=O) groups excluding carboxylic acids is 1. The molecule has 0 saturated heterocycles. The number of Topliss-reactive ketones (excluding diaryl/α,β-unsaturated/α-hetero) is 1. The number of thiazole rings is 1. The van der Waals surface area contributed by atoms with Crippen molar-refractivity contribution in [2.45, 2.75) is 20.8 Å². The van der Waals surface area contributed by atoms with E-state index in [2.05, 4.69) is 10.1 Å². The second kappa shape index (κ2) is 4.17. The SMILES string of the molecule is Cc1nn(-c2cscn2)cc1C(=O)C(C)C. The molecule has 0 amide bonds. The number of hydrogen-bond donors (Lipinski definition) is 0. The highest BCUT2D eigenvalue weighted by Crippen LogP contribution is 2.15. The molecule has 2 heterocycles. The topological polar surface area (TPSA) is 47.8 Å². The Balaban J connectivity index is 2.40. The first-order chi connectivity index (χ1) is 7.59. The molecule has 2 aromatic rings. The minimum absolute atomic E-state index is 0.00761. The number of ketones is 1. The van der Waals surface area contributed by atoms with Crippen LogP contribution in [0, 0.1) is 12.8 Å². The van der Waals surface area contributed by atoms with Crippen molar-refractivity contribution in [2.24, 2.45) is 5.92 Å². The Hall–Kier alpha value is -1.49. The van der Waals surface area contributed by atoms with Crippen LogP contribution >= 0.6 is 11.3 Å². The number of aryl methyl sites for hydroxylation is 1. The average molecular weight is 235 g/mol. The van der Waals surface area contributed by atoms with Gasteiger partial charge in [-0.1, -0.05) is 13.8 Å². The Kier molecular flexibility index (Phi) is 2.87. The van der Waals surface area contributed by atoms with Crippen LogP contribution in [0.4, 0.5) is 0 Å². The quantitative estimate of drug-likeness (QED) is 0.768. The van der Waals surface area contributed by atoms with Crippen molar-refractivity contribution in [1.82, 2.24) is 14.8 Å². The van der Waals surface area contributed by atoms with E-state index in [0.717, 1.165) is 11.5 Å². The summed E-state index contributed by atoms with van der Waals surface area (Å²) in [5, 5.41) is 6.20. The Morgan fingerprint density at radius 1 is 1.50 bits per heavy atom. The number of aromatic nitrogens is 3. The molecule has 2 rings (SSSR count). The van der Waals surface area contributed by atoms with Crippen molar-refractivity contribution in [1.29, 1.82) is 0 Å². The monoisotopic (exact) mass is 235 g/mol. The molecule has 5 heteroatoms. The van der Waals surface area contributed by atoms with Crippen molar-refractivity contribution < 1.29 is 4.79 Å². The number of rotatable bonds is 3. The number of nitrogens with zero attached hydrogens (tertiary/aromatic N) is 3. The maximum Gasteiger partial charge on any atom is 0.168 e. The largest absolute Gasteiger partial charge is 0.294 e. The molecule has 0 aliphatic heterocycles. The molecule has 0 spiro atoms. The Morgan fingerprint density at radius 2 is 2.25 bits per heavy atom. The minimum atomic E-state index is -0.00761. The molecule has 0 unspecified atom stereocenters. The molecule has 0 aromatic carbocycles. The number of carbonyl (C=O) groups is 1. The first-order valence-corrected chi connectivity index (χ1v) is 6.03. The Labute approximate surface area is 97.9 Å². The fourth-order valence-electron chi connectivity index (χ4n) is 1.45. The maximum absolute atomic E-state index is 11.9. The lowest BCUT2D eigenvalue weighted by Crippen LogP contribution is -2.07. The van der Waals surface area contributed by atoms with E-state index in [0.29, 0.717) is 5.56 Å². The van der Waals surface area contributed by atoms with Gasteiger partial charge in [0.15, 0.2) is 11.6 Å². The van der Waals surface area contributed by atoms with Gasteiger partial charge in [-0.3, -0.25) is 4.79 Å². The van der Waals surface area contributed by atoms with Crippen molar-refractivity contribution in [2.75, 3.05) is 0 Å². The highest BCUT2D eigenvalue weighted by molar-refractivity contribution is 7.07. The highest BCUT2D eigenvalue weighted by Gasteiger charge is 2.17. The van der Waals surface area contributed by atoms with E-state index in [9.17, 15) is 4.79 Å². The smallest absolute Gasteiger partial charge is 0.168 e. The van der Waals surface area contributed by atoms with Crippen molar-refractivity contribution >= 4 is 17.1 Å². The molecule has 0 N–H and O–H groups in total. The van der Waals surface area contributed by atoms with Crippen LogP contribution in [0.2, 0.25) is 0 Å². The van der Waals surface area contributed by atoms with E-state index >= 15 is 0 Å². The Morgan fingerprint density at radius 3 is 2.81 bits per heavy atom. The summed E-state index contributed by atoms with van der Waals surface area (Å²) in [5.41, 5.74) is 3.19. The highest BCUT2D eigenvalue weighted by atomic mass is 32.1. The number of hydrogen-bond acceptors (Lipinski definition) is 4. The molecule has 0 bridgehead atoms. The van der Waals surface area contributed by atoms with Gasteiger partial charge in [-0.15, -0.1) is 11.3 Å². The summed E-state index contributed by atoms with van der Waals surface area (Å²) in [7, 11) is 0. The van der Waals surface area contributed by atoms with Gasteiger partial charge in [0, 0.05) is 17.5 Å². The van der Waals surface area contributed by atoms with E-state index in [1.54, 1.807) is 16.4 Å². The first kappa shape index (κ1) is 11.0. The van der Waals surface area contributed by atoms with E-state index in [-0.39, 0.29) is 11.7 Å². The van der Waals surface area contributed by atoms with E-state index < -0.39 is 0 Å². The molecule has 0 aliphatic carbocycles. The van der Waals surface area contributed by atoms with Gasteiger partial charge in [-0.05, 0) is 6.92 Å².